The number of anilines is 1. The van der Waals surface area contributed by atoms with E-state index in [-0.39, 0.29) is 13.3 Å². The third kappa shape index (κ3) is 8.58. The number of aromatic nitrogens is 2. The molecule has 1 amide bonds. The average Bonchev–Trinajstić information content (AvgIpc) is 2.82. The molecule has 1 aliphatic heterocycles. The number of thiol groups is 1. The van der Waals surface area contributed by atoms with Crippen LogP contribution >= 0.6 is 56.3 Å². The summed E-state index contributed by atoms with van der Waals surface area (Å²) in [7, 11) is 0. The van der Waals surface area contributed by atoms with Crippen LogP contribution in [0.25, 0.3) is 0 Å². The Morgan fingerprint density at radius 3 is 2.24 bits per heavy atom. The van der Waals surface area contributed by atoms with Crippen molar-refractivity contribution in [2.45, 2.75) is 35.5 Å². The number of nitrogens with one attached hydrogen (secondary N) is 1. The Balaban J connectivity index is 0.000000185. The van der Waals surface area contributed by atoms with Gasteiger partial charge >= 0.3 is 0 Å². The van der Waals surface area contributed by atoms with Gasteiger partial charge in [0.1, 0.15) is 4.60 Å². The molecular weight excluding hydrogens is 594 g/mol. The number of amides is 1. The second-order valence-electron chi connectivity index (χ2n) is 6.81. The van der Waals surface area contributed by atoms with Crippen LogP contribution in [-0.4, -0.2) is 15.9 Å². The van der Waals surface area contributed by atoms with E-state index in [1.165, 1.54) is 28.0 Å². The highest BCUT2D eigenvalue weighted by atomic mass is 79.9. The lowest BCUT2D eigenvalue weighted by molar-refractivity contribution is -0.114. The summed E-state index contributed by atoms with van der Waals surface area (Å²) in [6, 6.07) is 23.8. The predicted octanol–water partition coefficient (Wildman–Crippen LogP) is 8.31. The number of hydrogen-bond donors (Lipinski definition) is 2. The molecule has 4 nitrogen and oxygen atoms in total. The average molecular weight is 619 g/mol. The minimum absolute atomic E-state index is 0. The van der Waals surface area contributed by atoms with Gasteiger partial charge in [-0.3, -0.25) is 9.78 Å². The van der Waals surface area contributed by atoms with Crippen molar-refractivity contribution in [3.63, 3.8) is 0 Å². The van der Waals surface area contributed by atoms with Gasteiger partial charge in [0, 0.05) is 40.4 Å². The molecule has 3 heterocycles. The van der Waals surface area contributed by atoms with E-state index in [1.807, 2.05) is 60.4 Å². The van der Waals surface area contributed by atoms with Gasteiger partial charge in [-0.15, -0.1) is 12.6 Å². The molecule has 1 aliphatic rings. The molecule has 0 saturated carbocycles. The number of benzene rings is 2. The Hall–Kier alpha value is -2.13. The number of pyridine rings is 2. The number of carbonyl (C=O) groups excluding carboxylic acids is 1. The van der Waals surface area contributed by atoms with Crippen molar-refractivity contribution in [2.24, 2.45) is 0 Å². The molecule has 0 spiro atoms. The molecule has 0 fully saturated rings. The largest absolute Gasteiger partial charge is 0.325 e. The summed E-state index contributed by atoms with van der Waals surface area (Å²) < 4.78 is 1.83. The zero-order valence-corrected chi connectivity index (χ0v) is 22.6. The van der Waals surface area contributed by atoms with Crippen LogP contribution in [-0.2, 0) is 11.2 Å². The molecule has 0 aliphatic carbocycles. The summed E-state index contributed by atoms with van der Waals surface area (Å²) in [6.45, 7) is 1.47. The van der Waals surface area contributed by atoms with Crippen LogP contribution in [0.4, 0.5) is 5.69 Å². The summed E-state index contributed by atoms with van der Waals surface area (Å²) in [5, 5.41) is 2.66. The normalized spacial score (nSPS) is 10.6. The van der Waals surface area contributed by atoms with E-state index in [1.54, 1.807) is 6.20 Å². The van der Waals surface area contributed by atoms with Crippen LogP contribution in [0.15, 0.2) is 109 Å². The van der Waals surface area contributed by atoms with Gasteiger partial charge in [-0.1, -0.05) is 49.5 Å². The predicted molar refractivity (Wildman–Crippen MR) is 152 cm³/mol. The number of fused-ring (bicyclic) bond motifs is 2. The van der Waals surface area contributed by atoms with E-state index in [0.29, 0.717) is 0 Å². The molecule has 4 aromatic rings. The van der Waals surface area contributed by atoms with Crippen molar-refractivity contribution in [3.05, 3.63) is 106 Å². The van der Waals surface area contributed by atoms with Crippen LogP contribution in [0.1, 0.15) is 25.6 Å². The molecule has 176 valence electrons. The van der Waals surface area contributed by atoms with E-state index in [4.69, 9.17) is 0 Å². The number of rotatable bonds is 1. The fourth-order valence-electron chi connectivity index (χ4n) is 2.83. The Kier molecular flexibility index (Phi) is 11.8. The Bertz CT molecular complexity index is 1130. The quantitative estimate of drug-likeness (QED) is 0.146. The van der Waals surface area contributed by atoms with Crippen molar-refractivity contribution in [3.8, 4) is 0 Å². The van der Waals surface area contributed by atoms with Gasteiger partial charge in [0.15, 0.2) is 0 Å². The van der Waals surface area contributed by atoms with E-state index in [2.05, 4.69) is 90.1 Å². The first-order chi connectivity index (χ1) is 15.9. The molecule has 8 heteroatoms. The third-order valence-corrected chi connectivity index (χ3v) is 7.73. The zero-order chi connectivity index (χ0) is 23.6. The number of nitrogens with zero attached hydrogens (tertiary/aromatic N) is 2. The summed E-state index contributed by atoms with van der Waals surface area (Å²) >= 11 is 12.5. The number of carbonyl (C=O) groups is 1. The first kappa shape index (κ1) is 28.1. The van der Waals surface area contributed by atoms with E-state index < -0.39 is 0 Å². The van der Waals surface area contributed by atoms with Crippen molar-refractivity contribution in [1.29, 1.82) is 0 Å². The monoisotopic (exact) mass is 617 g/mol. The first-order valence-corrected chi connectivity index (χ1v) is 12.8. The van der Waals surface area contributed by atoms with Crippen LogP contribution in [0.3, 0.4) is 0 Å². The maximum absolute atomic E-state index is 10.6. The van der Waals surface area contributed by atoms with Gasteiger partial charge < -0.3 is 5.32 Å². The summed E-state index contributed by atoms with van der Waals surface area (Å²) in [5.41, 5.74) is 3.35. The Morgan fingerprint density at radius 1 is 0.912 bits per heavy atom. The van der Waals surface area contributed by atoms with Gasteiger partial charge in [0.05, 0.1) is 15.9 Å². The second-order valence-corrected chi connectivity index (χ2v) is 9.98. The molecule has 34 heavy (non-hydrogen) atoms. The highest BCUT2D eigenvalue weighted by Gasteiger charge is 2.15. The van der Waals surface area contributed by atoms with E-state index in [0.717, 1.165) is 26.1 Å². The highest BCUT2D eigenvalue weighted by molar-refractivity contribution is 9.13. The summed E-state index contributed by atoms with van der Waals surface area (Å²) in [4.78, 5) is 22.4. The van der Waals surface area contributed by atoms with Gasteiger partial charge in [-0.2, -0.15) is 0 Å². The minimum atomic E-state index is -0.0773. The molecular formula is C26H25Br2N3OS2. The SMILES string of the molecule is Brc1cccnc1Br.C.CC(=O)Nc1ccccc1S.c1ccc2c(c1)Cc1ncccc1S2. The molecule has 0 bridgehead atoms. The topological polar surface area (TPSA) is 54.9 Å². The molecule has 5 rings (SSSR count). The zero-order valence-electron chi connectivity index (χ0n) is 17.7. The summed E-state index contributed by atoms with van der Waals surface area (Å²) in [6.07, 6.45) is 4.57. The maximum atomic E-state index is 10.6. The van der Waals surface area contributed by atoms with Crippen molar-refractivity contribution >= 4 is 67.8 Å². The fourth-order valence-corrected chi connectivity index (χ4v) is 4.60. The van der Waals surface area contributed by atoms with Crippen molar-refractivity contribution < 1.29 is 4.79 Å². The highest BCUT2D eigenvalue weighted by Crippen LogP contribution is 2.37. The van der Waals surface area contributed by atoms with E-state index in [9.17, 15) is 4.79 Å². The third-order valence-electron chi connectivity index (χ3n) is 4.33. The molecule has 2 aromatic heterocycles. The van der Waals surface area contributed by atoms with Crippen LogP contribution in [0.5, 0.6) is 0 Å². The van der Waals surface area contributed by atoms with Crippen LogP contribution < -0.4 is 5.32 Å². The Morgan fingerprint density at radius 2 is 1.56 bits per heavy atom. The molecule has 0 saturated heterocycles. The Labute approximate surface area is 227 Å². The minimum Gasteiger partial charge on any atom is -0.325 e. The molecule has 0 atom stereocenters. The summed E-state index contributed by atoms with van der Waals surface area (Å²) in [5.74, 6) is -0.0773. The smallest absolute Gasteiger partial charge is 0.221 e. The van der Waals surface area contributed by atoms with Gasteiger partial charge in [-0.25, -0.2) is 4.98 Å². The molecule has 0 unspecified atom stereocenters. The van der Waals surface area contributed by atoms with Crippen LogP contribution in [0.2, 0.25) is 0 Å². The first-order valence-electron chi connectivity index (χ1n) is 9.95. The maximum Gasteiger partial charge on any atom is 0.221 e. The van der Waals surface area contributed by atoms with Crippen molar-refractivity contribution in [2.75, 3.05) is 5.32 Å². The standard InChI is InChI=1S/C12H9NS.C8H9NOS.C5H3Br2N.CH4/c1-2-5-11-9(4-1)8-10-12(14-11)6-3-7-13-10;1-6(10)9-7-4-2-3-5-8(7)11;6-4-2-1-3-8-5(4)7;/h1-7H,8H2;2-5,11H,1H3,(H,9,10);1-3H;1H4. The van der Waals surface area contributed by atoms with Gasteiger partial charge in [0.2, 0.25) is 5.91 Å². The van der Waals surface area contributed by atoms with Gasteiger partial charge in [0.25, 0.3) is 0 Å². The van der Waals surface area contributed by atoms with Crippen molar-refractivity contribution in [1.82, 2.24) is 9.97 Å². The molecule has 0 radical (unpaired) electrons. The lowest BCUT2D eigenvalue weighted by atomic mass is 10.1. The number of para-hydroxylation sites is 1. The molecule has 1 N–H and O–H groups in total. The van der Waals surface area contributed by atoms with Gasteiger partial charge in [-0.05, 0) is 79.9 Å². The lowest BCUT2D eigenvalue weighted by Gasteiger charge is -2.16. The number of hydrogen-bond acceptors (Lipinski definition) is 5. The lowest BCUT2D eigenvalue weighted by Crippen LogP contribution is -2.05. The number of halogens is 2. The fraction of sp³-hybridized carbons (Fsp3) is 0.115. The van der Waals surface area contributed by atoms with Crippen LogP contribution in [0, 0.1) is 0 Å². The molecule has 2 aromatic carbocycles. The van der Waals surface area contributed by atoms with E-state index >= 15 is 0 Å². The second kappa shape index (κ2) is 14.3.